The molecule has 0 atom stereocenters. The van der Waals surface area contributed by atoms with Crippen LogP contribution in [-0.2, 0) is 0 Å². The molecule has 1 aromatic rings. The second-order valence-corrected chi connectivity index (χ2v) is 3.55. The van der Waals surface area contributed by atoms with Crippen molar-refractivity contribution in [2.75, 3.05) is 18.5 Å². The summed E-state index contributed by atoms with van der Waals surface area (Å²) >= 11 is 5.33. The average molecular weight is 242 g/mol. The highest BCUT2D eigenvalue weighted by molar-refractivity contribution is 6.24. The average Bonchev–Trinajstić information content (AvgIpc) is 2.57. The minimum atomic E-state index is -0.444. The van der Waals surface area contributed by atoms with Gasteiger partial charge >= 0.3 is 6.03 Å². The maximum absolute atomic E-state index is 13.5. The number of nitrogens with zero attached hydrogens (tertiary/aromatic N) is 3. The minimum Gasteiger partial charge on any atom is -0.283 e. The largest absolute Gasteiger partial charge is 0.330 e. The van der Waals surface area contributed by atoms with E-state index in [0.29, 0.717) is 5.84 Å². The van der Waals surface area contributed by atoms with Crippen molar-refractivity contribution in [2.24, 2.45) is 4.51 Å². The number of amidine groups is 1. The van der Waals surface area contributed by atoms with Crippen LogP contribution in [0.4, 0.5) is 14.9 Å². The van der Waals surface area contributed by atoms with Crippen molar-refractivity contribution in [3.05, 3.63) is 30.1 Å². The number of benzene rings is 1. The molecule has 1 fully saturated rings. The van der Waals surface area contributed by atoms with Crippen LogP contribution in [-0.4, -0.2) is 30.4 Å². The zero-order valence-corrected chi connectivity index (χ0v) is 9.28. The number of rotatable bonds is 1. The Morgan fingerprint density at radius 3 is 2.69 bits per heavy atom. The Labute approximate surface area is 97.0 Å². The van der Waals surface area contributed by atoms with E-state index in [0.717, 1.165) is 0 Å². The SMILES string of the molecule is CN1C(=O)N(c2ccccc2F)CC1=NCl. The summed E-state index contributed by atoms with van der Waals surface area (Å²) in [6, 6.07) is 5.74. The molecule has 0 unspecified atom stereocenters. The van der Waals surface area contributed by atoms with Gasteiger partial charge in [0.2, 0.25) is 0 Å². The highest BCUT2D eigenvalue weighted by Crippen LogP contribution is 2.23. The molecule has 0 aromatic heterocycles. The standard InChI is InChI=1S/C10H9ClFN3O/c1-14-9(13-11)6-15(10(14)16)8-5-3-2-4-7(8)12/h2-5H,6H2,1H3. The maximum Gasteiger partial charge on any atom is 0.330 e. The number of carbonyl (C=O) groups is 1. The van der Waals surface area contributed by atoms with Crippen LogP contribution in [0.25, 0.3) is 0 Å². The molecule has 6 heteroatoms. The van der Waals surface area contributed by atoms with E-state index < -0.39 is 5.82 Å². The van der Waals surface area contributed by atoms with Gasteiger partial charge in [-0.1, -0.05) is 12.1 Å². The van der Waals surface area contributed by atoms with Crippen molar-refractivity contribution < 1.29 is 9.18 Å². The Kier molecular flexibility index (Phi) is 2.78. The quantitative estimate of drug-likeness (QED) is 0.743. The van der Waals surface area contributed by atoms with E-state index in [1.807, 2.05) is 0 Å². The van der Waals surface area contributed by atoms with Crippen LogP contribution in [0.3, 0.4) is 0 Å². The Morgan fingerprint density at radius 2 is 2.12 bits per heavy atom. The summed E-state index contributed by atoms with van der Waals surface area (Å²) in [4.78, 5) is 14.4. The lowest BCUT2D eigenvalue weighted by Crippen LogP contribution is -2.30. The molecule has 1 aliphatic heterocycles. The van der Waals surface area contributed by atoms with Gasteiger partial charge in [0.05, 0.1) is 12.2 Å². The summed E-state index contributed by atoms with van der Waals surface area (Å²) in [7, 11) is 1.55. The first-order valence-electron chi connectivity index (χ1n) is 4.62. The first kappa shape index (κ1) is 10.9. The zero-order valence-electron chi connectivity index (χ0n) is 8.52. The van der Waals surface area contributed by atoms with Crippen molar-refractivity contribution in [2.45, 2.75) is 0 Å². The fourth-order valence-electron chi connectivity index (χ4n) is 1.55. The third kappa shape index (κ3) is 1.63. The number of urea groups is 1. The lowest BCUT2D eigenvalue weighted by Gasteiger charge is -2.15. The molecule has 2 rings (SSSR count). The van der Waals surface area contributed by atoms with Gasteiger partial charge in [-0.3, -0.25) is 9.80 Å². The normalized spacial score (nSPS) is 18.7. The van der Waals surface area contributed by atoms with E-state index in [1.54, 1.807) is 19.2 Å². The van der Waals surface area contributed by atoms with Gasteiger partial charge in [-0.15, -0.1) is 0 Å². The van der Waals surface area contributed by atoms with E-state index >= 15 is 0 Å². The van der Waals surface area contributed by atoms with Crippen LogP contribution < -0.4 is 4.90 Å². The van der Waals surface area contributed by atoms with Gasteiger partial charge in [0.15, 0.2) is 0 Å². The van der Waals surface area contributed by atoms with Gasteiger partial charge in [-0.2, -0.15) is 4.51 Å². The van der Waals surface area contributed by atoms with Crippen LogP contribution in [0, 0.1) is 5.82 Å². The van der Waals surface area contributed by atoms with Crippen LogP contribution in [0.2, 0.25) is 0 Å². The summed E-state index contributed by atoms with van der Waals surface area (Å²) in [6.07, 6.45) is 0. The molecule has 2 amide bonds. The van der Waals surface area contributed by atoms with Crippen LogP contribution in [0.1, 0.15) is 0 Å². The first-order valence-corrected chi connectivity index (χ1v) is 4.96. The number of hydrogen-bond acceptors (Lipinski definition) is 2. The second-order valence-electron chi connectivity index (χ2n) is 3.38. The summed E-state index contributed by atoms with van der Waals surface area (Å²) in [5, 5.41) is 0. The highest BCUT2D eigenvalue weighted by Gasteiger charge is 2.33. The maximum atomic E-state index is 13.5. The summed E-state index contributed by atoms with van der Waals surface area (Å²) in [6.45, 7) is 0.180. The number of halogens is 2. The smallest absolute Gasteiger partial charge is 0.283 e. The molecule has 1 aliphatic rings. The van der Waals surface area contributed by atoms with Gasteiger partial charge in [-0.25, -0.2) is 9.18 Å². The van der Waals surface area contributed by atoms with E-state index in [4.69, 9.17) is 11.8 Å². The van der Waals surface area contributed by atoms with Gasteiger partial charge in [0.25, 0.3) is 0 Å². The molecular formula is C10H9ClFN3O. The van der Waals surface area contributed by atoms with E-state index in [9.17, 15) is 9.18 Å². The Balaban J connectivity index is 2.38. The van der Waals surface area contributed by atoms with Crippen molar-refractivity contribution in [1.29, 1.82) is 0 Å². The molecule has 1 saturated heterocycles. The molecule has 0 radical (unpaired) electrons. The lowest BCUT2D eigenvalue weighted by atomic mass is 10.3. The predicted octanol–water partition coefficient (Wildman–Crippen LogP) is 2.25. The van der Waals surface area contributed by atoms with Crippen LogP contribution in [0.15, 0.2) is 28.8 Å². The van der Waals surface area contributed by atoms with Crippen molar-refractivity contribution in [3.8, 4) is 0 Å². The summed E-state index contributed by atoms with van der Waals surface area (Å²) < 4.78 is 16.9. The Hall–Kier alpha value is -1.62. The van der Waals surface area contributed by atoms with Gasteiger partial charge < -0.3 is 0 Å². The third-order valence-corrected chi connectivity index (χ3v) is 2.64. The molecule has 84 valence electrons. The number of para-hydroxylation sites is 1. The molecule has 1 heterocycles. The van der Waals surface area contributed by atoms with Gasteiger partial charge in [-0.05, 0) is 12.1 Å². The Morgan fingerprint density at radius 1 is 1.44 bits per heavy atom. The molecule has 0 spiro atoms. The van der Waals surface area contributed by atoms with Crippen molar-refractivity contribution >= 4 is 29.3 Å². The molecule has 4 nitrogen and oxygen atoms in total. The van der Waals surface area contributed by atoms with E-state index in [2.05, 4.69) is 4.51 Å². The lowest BCUT2D eigenvalue weighted by molar-refractivity contribution is 0.237. The van der Waals surface area contributed by atoms with E-state index in [1.165, 1.54) is 21.9 Å². The zero-order chi connectivity index (χ0) is 11.7. The Bertz CT molecular complexity index is 463. The molecule has 0 N–H and O–H groups in total. The molecule has 0 saturated carbocycles. The minimum absolute atomic E-state index is 0.180. The van der Waals surface area contributed by atoms with E-state index in [-0.39, 0.29) is 18.3 Å². The number of likely N-dealkylation sites (N-methyl/N-ethyl adjacent to an activating group) is 1. The molecule has 1 aromatic carbocycles. The highest BCUT2D eigenvalue weighted by atomic mass is 35.5. The first-order chi connectivity index (χ1) is 7.65. The van der Waals surface area contributed by atoms with Crippen LogP contribution >= 0.6 is 11.8 Å². The summed E-state index contributed by atoms with van der Waals surface area (Å²) in [5.41, 5.74) is 0.231. The fraction of sp³-hybridized carbons (Fsp3) is 0.200. The fourth-order valence-corrected chi connectivity index (χ4v) is 1.72. The number of hydrogen-bond donors (Lipinski definition) is 0. The molecule has 0 aliphatic carbocycles. The van der Waals surface area contributed by atoms with Crippen LogP contribution in [0.5, 0.6) is 0 Å². The molecular weight excluding hydrogens is 233 g/mol. The predicted molar refractivity (Wildman–Crippen MR) is 60.2 cm³/mol. The number of amides is 2. The third-order valence-electron chi connectivity index (χ3n) is 2.45. The topological polar surface area (TPSA) is 35.9 Å². The number of anilines is 1. The van der Waals surface area contributed by atoms with Gasteiger partial charge in [0.1, 0.15) is 11.7 Å². The molecule has 16 heavy (non-hydrogen) atoms. The number of carbonyl (C=O) groups excluding carboxylic acids is 1. The van der Waals surface area contributed by atoms with Gasteiger partial charge in [0, 0.05) is 18.8 Å². The van der Waals surface area contributed by atoms with Crippen molar-refractivity contribution in [1.82, 2.24) is 4.90 Å². The molecule has 0 bridgehead atoms. The second kappa shape index (κ2) is 4.09. The monoisotopic (exact) mass is 241 g/mol. The van der Waals surface area contributed by atoms with Crippen molar-refractivity contribution in [3.63, 3.8) is 0 Å². The summed E-state index contributed by atoms with van der Waals surface area (Å²) in [5.74, 6) is -0.0463.